The summed E-state index contributed by atoms with van der Waals surface area (Å²) in [5, 5.41) is 0.715. The summed E-state index contributed by atoms with van der Waals surface area (Å²) in [5.41, 5.74) is 2.75. The van der Waals surface area contributed by atoms with Crippen LogP contribution in [0.1, 0.15) is 11.1 Å². The first-order valence-corrected chi connectivity index (χ1v) is 6.54. The van der Waals surface area contributed by atoms with E-state index in [9.17, 15) is 0 Å². The smallest absolute Gasteiger partial charge is 0.161 e. The molecule has 0 bridgehead atoms. The van der Waals surface area contributed by atoms with Gasteiger partial charge in [-0.2, -0.15) is 0 Å². The van der Waals surface area contributed by atoms with Gasteiger partial charge in [-0.25, -0.2) is 0 Å². The van der Waals surface area contributed by atoms with Gasteiger partial charge in [-0.3, -0.25) is 4.99 Å². The van der Waals surface area contributed by atoms with Gasteiger partial charge in [0.05, 0.1) is 19.9 Å². The molecule has 0 N–H and O–H groups in total. The molecule has 0 fully saturated rings. The Hall–Kier alpha value is -2.00. The average molecular weight is 290 g/mol. The lowest BCUT2D eigenvalue weighted by atomic mass is 10.2. The summed E-state index contributed by atoms with van der Waals surface area (Å²) in [7, 11) is 3.22. The van der Waals surface area contributed by atoms with Crippen molar-refractivity contribution >= 4 is 23.5 Å². The maximum absolute atomic E-state index is 6.07. The zero-order chi connectivity index (χ0) is 14.5. The normalized spacial score (nSPS) is 10.8. The van der Waals surface area contributed by atoms with Gasteiger partial charge in [-0.15, -0.1) is 0 Å². The third-order valence-corrected chi connectivity index (χ3v) is 3.41. The maximum Gasteiger partial charge on any atom is 0.161 e. The van der Waals surface area contributed by atoms with Crippen molar-refractivity contribution in [3.63, 3.8) is 0 Å². The van der Waals surface area contributed by atoms with Crippen molar-refractivity contribution in [2.45, 2.75) is 6.92 Å². The van der Waals surface area contributed by atoms with E-state index >= 15 is 0 Å². The highest BCUT2D eigenvalue weighted by molar-refractivity contribution is 6.31. The third kappa shape index (κ3) is 3.11. The standard InChI is InChI=1S/C16H16ClNO2/c1-11-13(17)5-4-6-14(11)18-10-12-7-8-15(19-2)16(9-12)20-3/h4-10H,1-3H3. The van der Waals surface area contributed by atoms with Crippen LogP contribution in [0.3, 0.4) is 0 Å². The molecular formula is C16H16ClNO2. The molecule has 4 heteroatoms. The topological polar surface area (TPSA) is 30.8 Å². The lowest BCUT2D eigenvalue weighted by Crippen LogP contribution is -1.92. The zero-order valence-corrected chi connectivity index (χ0v) is 12.4. The average Bonchev–Trinajstić information content (AvgIpc) is 2.48. The van der Waals surface area contributed by atoms with Crippen LogP contribution in [0, 0.1) is 6.92 Å². The van der Waals surface area contributed by atoms with Gasteiger partial charge in [0.25, 0.3) is 0 Å². The fraction of sp³-hybridized carbons (Fsp3) is 0.188. The second kappa shape index (κ2) is 6.44. The molecule has 0 heterocycles. The zero-order valence-electron chi connectivity index (χ0n) is 11.7. The van der Waals surface area contributed by atoms with Crippen LogP contribution < -0.4 is 9.47 Å². The monoisotopic (exact) mass is 289 g/mol. The van der Waals surface area contributed by atoms with E-state index in [1.165, 1.54) is 0 Å². The number of hydrogen-bond donors (Lipinski definition) is 0. The van der Waals surface area contributed by atoms with E-state index in [-0.39, 0.29) is 0 Å². The molecule has 0 saturated carbocycles. The van der Waals surface area contributed by atoms with Gasteiger partial charge in [0.1, 0.15) is 0 Å². The minimum atomic E-state index is 0.680. The van der Waals surface area contributed by atoms with Gasteiger partial charge in [-0.05, 0) is 48.4 Å². The number of halogens is 1. The molecule has 0 aromatic heterocycles. The number of nitrogens with zero attached hydrogens (tertiary/aromatic N) is 1. The van der Waals surface area contributed by atoms with Crippen LogP contribution in [-0.2, 0) is 0 Å². The van der Waals surface area contributed by atoms with E-state index in [1.54, 1.807) is 20.4 Å². The molecule has 2 aromatic rings. The number of methoxy groups -OCH3 is 2. The Bertz CT molecular complexity index is 638. The number of ether oxygens (including phenoxy) is 2. The first kappa shape index (κ1) is 14.4. The molecule has 20 heavy (non-hydrogen) atoms. The maximum atomic E-state index is 6.07. The van der Waals surface area contributed by atoms with Crippen molar-refractivity contribution in [1.29, 1.82) is 0 Å². The Labute approximate surface area is 123 Å². The second-order valence-electron chi connectivity index (χ2n) is 4.26. The third-order valence-electron chi connectivity index (χ3n) is 3.00. The van der Waals surface area contributed by atoms with E-state index in [1.807, 2.05) is 43.3 Å². The highest BCUT2D eigenvalue weighted by Crippen LogP contribution is 2.28. The van der Waals surface area contributed by atoms with Crippen LogP contribution >= 0.6 is 11.6 Å². The van der Waals surface area contributed by atoms with Crippen LogP contribution in [0.5, 0.6) is 11.5 Å². The van der Waals surface area contributed by atoms with Gasteiger partial charge >= 0.3 is 0 Å². The number of hydrogen-bond acceptors (Lipinski definition) is 3. The van der Waals surface area contributed by atoms with Gasteiger partial charge in [0.15, 0.2) is 11.5 Å². The Kier molecular flexibility index (Phi) is 4.64. The molecule has 0 unspecified atom stereocenters. The molecule has 0 aliphatic rings. The summed E-state index contributed by atoms with van der Waals surface area (Å²) >= 11 is 6.07. The first-order valence-electron chi connectivity index (χ1n) is 6.17. The number of benzene rings is 2. The molecule has 104 valence electrons. The number of rotatable bonds is 4. The predicted molar refractivity (Wildman–Crippen MR) is 83.0 cm³/mol. The quantitative estimate of drug-likeness (QED) is 0.780. The summed E-state index contributed by atoms with van der Waals surface area (Å²) in [6.07, 6.45) is 1.78. The van der Waals surface area contributed by atoms with E-state index < -0.39 is 0 Å². The van der Waals surface area contributed by atoms with E-state index in [4.69, 9.17) is 21.1 Å². The van der Waals surface area contributed by atoms with Crippen LogP contribution in [-0.4, -0.2) is 20.4 Å². The van der Waals surface area contributed by atoms with Crippen molar-refractivity contribution in [1.82, 2.24) is 0 Å². The highest BCUT2D eigenvalue weighted by Gasteiger charge is 2.03. The molecule has 0 aliphatic heterocycles. The van der Waals surface area contributed by atoms with Crippen molar-refractivity contribution in [3.05, 3.63) is 52.5 Å². The lowest BCUT2D eigenvalue weighted by molar-refractivity contribution is 0.355. The fourth-order valence-electron chi connectivity index (χ4n) is 1.81. The van der Waals surface area contributed by atoms with E-state index in [0.29, 0.717) is 16.5 Å². The summed E-state index contributed by atoms with van der Waals surface area (Å²) < 4.78 is 10.5. The minimum Gasteiger partial charge on any atom is -0.493 e. The van der Waals surface area contributed by atoms with Gasteiger partial charge < -0.3 is 9.47 Å². The molecule has 0 saturated heterocycles. The van der Waals surface area contributed by atoms with Crippen LogP contribution in [0.4, 0.5) is 5.69 Å². The van der Waals surface area contributed by atoms with Crippen molar-refractivity contribution in [2.24, 2.45) is 4.99 Å². The Morgan fingerprint density at radius 1 is 1.05 bits per heavy atom. The lowest BCUT2D eigenvalue weighted by Gasteiger charge is -2.07. The molecule has 2 rings (SSSR count). The molecule has 0 amide bonds. The molecule has 2 aromatic carbocycles. The van der Waals surface area contributed by atoms with Crippen molar-refractivity contribution in [3.8, 4) is 11.5 Å². The molecule has 0 spiro atoms. The first-order chi connectivity index (χ1) is 9.65. The van der Waals surface area contributed by atoms with Crippen molar-refractivity contribution in [2.75, 3.05) is 14.2 Å². The fourth-order valence-corrected chi connectivity index (χ4v) is 1.98. The Balaban J connectivity index is 2.29. The van der Waals surface area contributed by atoms with E-state index in [0.717, 1.165) is 16.8 Å². The molecule has 0 aliphatic carbocycles. The molecular weight excluding hydrogens is 274 g/mol. The summed E-state index contributed by atoms with van der Waals surface area (Å²) in [5.74, 6) is 1.38. The second-order valence-corrected chi connectivity index (χ2v) is 4.66. The largest absolute Gasteiger partial charge is 0.493 e. The molecule has 0 radical (unpaired) electrons. The summed E-state index contributed by atoms with van der Waals surface area (Å²) in [6.45, 7) is 1.95. The van der Waals surface area contributed by atoms with Gasteiger partial charge in [0.2, 0.25) is 0 Å². The van der Waals surface area contributed by atoms with Gasteiger partial charge in [-0.1, -0.05) is 17.7 Å². The van der Waals surface area contributed by atoms with E-state index in [2.05, 4.69) is 4.99 Å². The van der Waals surface area contributed by atoms with Crippen LogP contribution in [0.25, 0.3) is 0 Å². The summed E-state index contributed by atoms with van der Waals surface area (Å²) in [4.78, 5) is 4.46. The highest BCUT2D eigenvalue weighted by atomic mass is 35.5. The Morgan fingerprint density at radius 3 is 2.50 bits per heavy atom. The van der Waals surface area contributed by atoms with Crippen LogP contribution in [0.2, 0.25) is 5.02 Å². The summed E-state index contributed by atoms with van der Waals surface area (Å²) in [6, 6.07) is 11.3. The number of aliphatic imine (C=N–C) groups is 1. The predicted octanol–water partition coefficient (Wildman–Crippen LogP) is 4.42. The van der Waals surface area contributed by atoms with Crippen molar-refractivity contribution < 1.29 is 9.47 Å². The SMILES string of the molecule is COc1ccc(C=Nc2cccc(Cl)c2C)cc1OC. The minimum absolute atomic E-state index is 0.680. The molecule has 0 atom stereocenters. The van der Waals surface area contributed by atoms with Crippen LogP contribution in [0.15, 0.2) is 41.4 Å². The van der Waals surface area contributed by atoms with Gasteiger partial charge in [0, 0.05) is 11.2 Å². The Morgan fingerprint density at radius 2 is 1.80 bits per heavy atom. The molecule has 3 nitrogen and oxygen atoms in total.